The van der Waals surface area contributed by atoms with Gasteiger partial charge in [0.2, 0.25) is 0 Å². The molecule has 0 N–H and O–H groups in total. The highest BCUT2D eigenvalue weighted by Gasteiger charge is 2.10. The van der Waals surface area contributed by atoms with Gasteiger partial charge >= 0.3 is 11.9 Å². The predicted octanol–water partition coefficient (Wildman–Crippen LogP) is 2.27. The topological polar surface area (TPSA) is 43.4 Å². The molecule has 0 saturated heterocycles. The number of hydrogen-bond acceptors (Lipinski definition) is 3. The molecule has 1 rings (SSSR count). The third-order valence-electron chi connectivity index (χ3n) is 2.02. The van der Waals surface area contributed by atoms with Crippen LogP contribution in [0.15, 0.2) is 42.5 Å². The van der Waals surface area contributed by atoms with Crippen LogP contribution in [0.4, 0.5) is 0 Å². The van der Waals surface area contributed by atoms with Gasteiger partial charge in [-0.25, -0.2) is 4.79 Å². The summed E-state index contributed by atoms with van der Waals surface area (Å²) < 4.78 is 4.56. The Kier molecular flexibility index (Phi) is 4.45. The van der Waals surface area contributed by atoms with Crippen molar-refractivity contribution in [2.45, 2.75) is 19.8 Å². The molecule has 0 radical (unpaired) electrons. The number of carbonyl (C=O) groups is 2. The highest BCUT2D eigenvalue weighted by atomic mass is 16.6. The van der Waals surface area contributed by atoms with Crippen molar-refractivity contribution in [3.63, 3.8) is 0 Å². The van der Waals surface area contributed by atoms with E-state index in [2.05, 4.69) is 11.3 Å². The van der Waals surface area contributed by atoms with Gasteiger partial charge in [0, 0.05) is 5.57 Å². The Labute approximate surface area is 94.7 Å². The fraction of sp³-hybridized carbons (Fsp3) is 0.231. The Bertz CT molecular complexity index is 393. The summed E-state index contributed by atoms with van der Waals surface area (Å²) in [4.78, 5) is 22.3. The third-order valence-corrected chi connectivity index (χ3v) is 2.02. The number of carbonyl (C=O) groups excluding carboxylic acids is 2. The Hall–Kier alpha value is -1.90. The van der Waals surface area contributed by atoms with Crippen LogP contribution in [0.5, 0.6) is 0 Å². The summed E-state index contributed by atoms with van der Waals surface area (Å²) in [6, 6.07) is 9.56. The van der Waals surface area contributed by atoms with Crippen LogP contribution in [0.25, 0.3) is 0 Å². The van der Waals surface area contributed by atoms with E-state index >= 15 is 0 Å². The van der Waals surface area contributed by atoms with Gasteiger partial charge in [-0.05, 0) is 18.9 Å². The molecule has 0 atom stereocenters. The van der Waals surface area contributed by atoms with Crippen molar-refractivity contribution in [2.75, 3.05) is 0 Å². The monoisotopic (exact) mass is 218 g/mol. The van der Waals surface area contributed by atoms with Gasteiger partial charge in [0.1, 0.15) is 0 Å². The first-order chi connectivity index (χ1) is 7.59. The summed E-state index contributed by atoms with van der Waals surface area (Å²) in [6.45, 7) is 4.91. The molecule has 3 nitrogen and oxygen atoms in total. The molecular formula is C13H14O3. The molecule has 0 amide bonds. The second kappa shape index (κ2) is 5.85. The van der Waals surface area contributed by atoms with Crippen LogP contribution in [-0.4, -0.2) is 11.9 Å². The number of hydrogen-bond donors (Lipinski definition) is 0. The summed E-state index contributed by atoms with van der Waals surface area (Å²) in [5.74, 6) is -1.17. The van der Waals surface area contributed by atoms with Gasteiger partial charge in [-0.2, -0.15) is 0 Å². The lowest BCUT2D eigenvalue weighted by Gasteiger charge is -2.02. The molecule has 0 aliphatic heterocycles. The summed E-state index contributed by atoms with van der Waals surface area (Å²) in [7, 11) is 0. The lowest BCUT2D eigenvalue weighted by atomic mass is 10.1. The first-order valence-corrected chi connectivity index (χ1v) is 5.04. The fourth-order valence-electron chi connectivity index (χ4n) is 1.13. The minimum Gasteiger partial charge on any atom is -0.390 e. The van der Waals surface area contributed by atoms with E-state index in [9.17, 15) is 9.59 Å². The SMILES string of the molecule is C=C(C)C(=O)OC(=O)CCc1ccccc1. The van der Waals surface area contributed by atoms with Crippen LogP contribution in [0.3, 0.4) is 0 Å². The van der Waals surface area contributed by atoms with Crippen LogP contribution in [0.1, 0.15) is 18.9 Å². The molecule has 1 aromatic rings. The molecule has 0 heterocycles. The molecule has 0 spiro atoms. The summed E-state index contributed by atoms with van der Waals surface area (Å²) >= 11 is 0. The van der Waals surface area contributed by atoms with Gasteiger partial charge in [0.15, 0.2) is 0 Å². The molecule has 0 fully saturated rings. The van der Waals surface area contributed by atoms with Crippen molar-refractivity contribution in [3.05, 3.63) is 48.0 Å². The van der Waals surface area contributed by atoms with E-state index in [0.717, 1.165) is 5.56 Å². The normalized spacial score (nSPS) is 9.56. The van der Waals surface area contributed by atoms with Crippen molar-refractivity contribution in [1.82, 2.24) is 0 Å². The predicted molar refractivity (Wildman–Crippen MR) is 60.7 cm³/mol. The Morgan fingerprint density at radius 1 is 1.25 bits per heavy atom. The first-order valence-electron chi connectivity index (χ1n) is 5.04. The molecule has 16 heavy (non-hydrogen) atoms. The van der Waals surface area contributed by atoms with E-state index in [1.54, 1.807) is 0 Å². The lowest BCUT2D eigenvalue weighted by Crippen LogP contribution is -2.13. The van der Waals surface area contributed by atoms with Crippen molar-refractivity contribution in [1.29, 1.82) is 0 Å². The number of rotatable bonds is 4. The Morgan fingerprint density at radius 2 is 1.88 bits per heavy atom. The Balaban J connectivity index is 2.36. The van der Waals surface area contributed by atoms with E-state index in [1.807, 2.05) is 30.3 Å². The molecule has 3 heteroatoms. The van der Waals surface area contributed by atoms with Crippen LogP contribution in [0, 0.1) is 0 Å². The molecule has 0 aliphatic carbocycles. The molecule has 0 saturated carbocycles. The fourth-order valence-corrected chi connectivity index (χ4v) is 1.13. The third kappa shape index (κ3) is 4.09. The second-order valence-corrected chi connectivity index (χ2v) is 3.53. The van der Waals surface area contributed by atoms with E-state index in [-0.39, 0.29) is 12.0 Å². The minimum absolute atomic E-state index is 0.197. The van der Waals surface area contributed by atoms with Gasteiger partial charge in [-0.15, -0.1) is 0 Å². The van der Waals surface area contributed by atoms with E-state index < -0.39 is 11.9 Å². The number of aryl methyl sites for hydroxylation is 1. The van der Waals surface area contributed by atoms with Crippen LogP contribution < -0.4 is 0 Å². The molecular weight excluding hydrogens is 204 g/mol. The molecule has 0 unspecified atom stereocenters. The molecule has 0 aromatic heterocycles. The van der Waals surface area contributed by atoms with Gasteiger partial charge in [0.25, 0.3) is 0 Å². The van der Waals surface area contributed by atoms with Gasteiger partial charge in [0.05, 0.1) is 6.42 Å². The molecule has 0 bridgehead atoms. The quantitative estimate of drug-likeness (QED) is 0.442. The summed E-state index contributed by atoms with van der Waals surface area (Å²) in [5.41, 5.74) is 1.27. The van der Waals surface area contributed by atoms with Crippen molar-refractivity contribution < 1.29 is 14.3 Å². The number of esters is 2. The van der Waals surface area contributed by atoms with Crippen molar-refractivity contribution >= 4 is 11.9 Å². The largest absolute Gasteiger partial charge is 0.390 e. The maximum atomic E-state index is 11.2. The first kappa shape index (κ1) is 12.2. The average molecular weight is 218 g/mol. The highest BCUT2D eigenvalue weighted by molar-refractivity contribution is 5.95. The zero-order chi connectivity index (χ0) is 12.0. The van der Waals surface area contributed by atoms with Crippen molar-refractivity contribution in [2.24, 2.45) is 0 Å². The van der Waals surface area contributed by atoms with Crippen LogP contribution >= 0.6 is 0 Å². The average Bonchev–Trinajstić information content (AvgIpc) is 2.27. The zero-order valence-electron chi connectivity index (χ0n) is 9.23. The van der Waals surface area contributed by atoms with Crippen LogP contribution in [-0.2, 0) is 20.7 Å². The highest BCUT2D eigenvalue weighted by Crippen LogP contribution is 2.04. The van der Waals surface area contributed by atoms with E-state index in [1.165, 1.54) is 6.92 Å². The van der Waals surface area contributed by atoms with E-state index in [4.69, 9.17) is 0 Å². The zero-order valence-corrected chi connectivity index (χ0v) is 9.23. The molecule has 1 aromatic carbocycles. The maximum Gasteiger partial charge on any atom is 0.340 e. The van der Waals surface area contributed by atoms with Gasteiger partial charge in [-0.3, -0.25) is 4.79 Å². The van der Waals surface area contributed by atoms with E-state index in [0.29, 0.717) is 6.42 Å². The van der Waals surface area contributed by atoms with Crippen molar-refractivity contribution in [3.8, 4) is 0 Å². The molecule has 0 aliphatic rings. The number of benzene rings is 1. The maximum absolute atomic E-state index is 11.2. The van der Waals surface area contributed by atoms with Gasteiger partial charge < -0.3 is 4.74 Å². The second-order valence-electron chi connectivity index (χ2n) is 3.53. The molecule has 84 valence electrons. The minimum atomic E-state index is -0.655. The van der Waals surface area contributed by atoms with Crippen LogP contribution in [0.2, 0.25) is 0 Å². The Morgan fingerprint density at radius 3 is 2.44 bits per heavy atom. The standard InChI is InChI=1S/C13H14O3/c1-10(2)13(15)16-12(14)9-8-11-6-4-3-5-7-11/h3-7H,1,8-9H2,2H3. The number of ether oxygens (including phenoxy) is 1. The van der Waals surface area contributed by atoms with Gasteiger partial charge in [-0.1, -0.05) is 36.9 Å². The lowest BCUT2D eigenvalue weighted by molar-refractivity contribution is -0.156. The summed E-state index contributed by atoms with van der Waals surface area (Å²) in [6.07, 6.45) is 0.770. The smallest absolute Gasteiger partial charge is 0.340 e. The summed E-state index contributed by atoms with van der Waals surface area (Å²) in [5, 5.41) is 0.